The lowest BCUT2D eigenvalue weighted by atomic mass is 10.2. The second-order valence-corrected chi connectivity index (χ2v) is 3.65. The van der Waals surface area contributed by atoms with Crippen molar-refractivity contribution in [3.8, 4) is 11.8 Å². The fourth-order valence-electron chi connectivity index (χ4n) is 1.51. The molecule has 0 aliphatic heterocycles. The molecule has 0 aliphatic carbocycles. The van der Waals surface area contributed by atoms with E-state index in [1.807, 2.05) is 19.1 Å². The number of para-hydroxylation sites is 1. The Morgan fingerprint density at radius 1 is 1.47 bits per heavy atom. The first-order valence-corrected chi connectivity index (χ1v) is 5.28. The second-order valence-electron chi connectivity index (χ2n) is 3.65. The third-order valence-corrected chi connectivity index (χ3v) is 2.25. The van der Waals surface area contributed by atoms with Gasteiger partial charge >= 0.3 is 0 Å². The maximum Gasteiger partial charge on any atom is 0.137 e. The zero-order valence-corrected chi connectivity index (χ0v) is 9.45. The van der Waals surface area contributed by atoms with E-state index in [0.717, 1.165) is 0 Å². The van der Waals surface area contributed by atoms with Crippen LogP contribution in [0.15, 0.2) is 36.9 Å². The third-order valence-electron chi connectivity index (χ3n) is 2.25. The Labute approximate surface area is 99.3 Å². The van der Waals surface area contributed by atoms with Crippen molar-refractivity contribution in [1.82, 2.24) is 14.8 Å². The summed E-state index contributed by atoms with van der Waals surface area (Å²) in [5.74, 6) is 0.600. The summed E-state index contributed by atoms with van der Waals surface area (Å²) >= 11 is 0. The van der Waals surface area contributed by atoms with Gasteiger partial charge in [-0.3, -0.25) is 0 Å². The van der Waals surface area contributed by atoms with Gasteiger partial charge in [0.1, 0.15) is 30.6 Å². The summed E-state index contributed by atoms with van der Waals surface area (Å²) < 4.78 is 7.39. The normalized spacial score (nSPS) is 11.8. The van der Waals surface area contributed by atoms with Crippen molar-refractivity contribution in [3.63, 3.8) is 0 Å². The number of hydrogen-bond acceptors (Lipinski definition) is 4. The quantitative estimate of drug-likeness (QED) is 0.797. The van der Waals surface area contributed by atoms with Gasteiger partial charge in [-0.1, -0.05) is 12.1 Å². The highest BCUT2D eigenvalue weighted by atomic mass is 16.5. The molecule has 86 valence electrons. The van der Waals surface area contributed by atoms with Crippen LogP contribution in [0.3, 0.4) is 0 Å². The van der Waals surface area contributed by atoms with Crippen LogP contribution in [0.4, 0.5) is 0 Å². The first-order valence-electron chi connectivity index (χ1n) is 5.28. The summed E-state index contributed by atoms with van der Waals surface area (Å²) in [4.78, 5) is 3.86. The lowest BCUT2D eigenvalue weighted by molar-refractivity contribution is 0.193. The Morgan fingerprint density at radius 2 is 2.29 bits per heavy atom. The highest BCUT2D eigenvalue weighted by molar-refractivity contribution is 5.42. The van der Waals surface area contributed by atoms with E-state index in [0.29, 0.717) is 17.9 Å². The highest BCUT2D eigenvalue weighted by Crippen LogP contribution is 2.18. The molecule has 0 radical (unpaired) electrons. The van der Waals surface area contributed by atoms with Crippen molar-refractivity contribution in [1.29, 1.82) is 5.26 Å². The Balaban J connectivity index is 2.03. The number of nitrogens with zero attached hydrogens (tertiary/aromatic N) is 4. The molecule has 0 unspecified atom stereocenters. The van der Waals surface area contributed by atoms with Crippen molar-refractivity contribution < 1.29 is 4.74 Å². The Hall–Kier alpha value is -2.35. The summed E-state index contributed by atoms with van der Waals surface area (Å²) in [7, 11) is 0. The maximum atomic E-state index is 8.93. The second kappa shape index (κ2) is 5.12. The molecule has 1 heterocycles. The summed E-state index contributed by atoms with van der Waals surface area (Å²) in [6.07, 6.45) is 3.04. The minimum Gasteiger partial charge on any atom is -0.487 e. The summed E-state index contributed by atoms with van der Waals surface area (Å²) in [6, 6.07) is 9.28. The molecule has 0 N–H and O–H groups in total. The number of benzene rings is 1. The van der Waals surface area contributed by atoms with Gasteiger partial charge in [0.25, 0.3) is 0 Å². The van der Waals surface area contributed by atoms with Crippen molar-refractivity contribution in [2.45, 2.75) is 19.6 Å². The van der Waals surface area contributed by atoms with E-state index in [2.05, 4.69) is 16.2 Å². The van der Waals surface area contributed by atoms with Crippen LogP contribution in [-0.2, 0) is 6.54 Å². The van der Waals surface area contributed by atoms with Crippen LogP contribution >= 0.6 is 0 Å². The molecule has 0 fully saturated rings. The number of rotatable bonds is 4. The maximum absolute atomic E-state index is 8.93. The largest absolute Gasteiger partial charge is 0.487 e. The lowest BCUT2D eigenvalue weighted by Crippen LogP contribution is -2.20. The molecule has 1 atom stereocenters. The molecule has 17 heavy (non-hydrogen) atoms. The summed E-state index contributed by atoms with van der Waals surface area (Å²) in [6.45, 7) is 2.52. The molecule has 0 saturated carbocycles. The van der Waals surface area contributed by atoms with Gasteiger partial charge in [-0.05, 0) is 19.1 Å². The van der Waals surface area contributed by atoms with Crippen LogP contribution in [0, 0.1) is 11.3 Å². The molecule has 2 aromatic rings. The van der Waals surface area contributed by atoms with E-state index in [4.69, 9.17) is 10.00 Å². The van der Waals surface area contributed by atoms with E-state index >= 15 is 0 Å². The van der Waals surface area contributed by atoms with E-state index in [1.54, 1.807) is 23.1 Å². The Morgan fingerprint density at radius 3 is 3.00 bits per heavy atom. The van der Waals surface area contributed by atoms with Crippen LogP contribution in [0.5, 0.6) is 5.75 Å². The smallest absolute Gasteiger partial charge is 0.137 e. The van der Waals surface area contributed by atoms with E-state index in [1.165, 1.54) is 6.33 Å². The summed E-state index contributed by atoms with van der Waals surface area (Å²) in [5.41, 5.74) is 0.540. The first kappa shape index (κ1) is 11.1. The highest BCUT2D eigenvalue weighted by Gasteiger charge is 2.08. The molecule has 1 aromatic heterocycles. The van der Waals surface area contributed by atoms with Gasteiger partial charge in [0.2, 0.25) is 0 Å². The molecule has 0 bridgehead atoms. The standard InChI is InChI=1S/C12H12N4O/c1-10(7-16-9-14-8-15-16)17-12-5-3-2-4-11(12)6-13/h2-5,8-10H,7H2,1H3/t10-/m0/s1. The van der Waals surface area contributed by atoms with Gasteiger partial charge < -0.3 is 4.74 Å². The van der Waals surface area contributed by atoms with Crippen LogP contribution in [0.25, 0.3) is 0 Å². The van der Waals surface area contributed by atoms with Gasteiger partial charge in [-0.25, -0.2) is 9.67 Å². The predicted molar refractivity (Wildman–Crippen MR) is 61.3 cm³/mol. The molecule has 1 aromatic carbocycles. The first-order chi connectivity index (χ1) is 8.29. The zero-order chi connectivity index (χ0) is 12.1. The monoisotopic (exact) mass is 228 g/mol. The van der Waals surface area contributed by atoms with Crippen molar-refractivity contribution in [3.05, 3.63) is 42.5 Å². The van der Waals surface area contributed by atoms with Gasteiger partial charge in [0, 0.05) is 0 Å². The number of hydrogen-bond donors (Lipinski definition) is 0. The van der Waals surface area contributed by atoms with Gasteiger partial charge in [0.15, 0.2) is 0 Å². The average Bonchev–Trinajstić information content (AvgIpc) is 2.82. The molecular weight excluding hydrogens is 216 g/mol. The van der Waals surface area contributed by atoms with Gasteiger partial charge in [-0.2, -0.15) is 10.4 Å². The van der Waals surface area contributed by atoms with Crippen molar-refractivity contribution in [2.24, 2.45) is 0 Å². The minimum absolute atomic E-state index is 0.0776. The Bertz CT molecular complexity index is 516. The minimum atomic E-state index is -0.0776. The predicted octanol–water partition coefficient (Wildman–Crippen LogP) is 1.62. The SMILES string of the molecule is C[C@@H](Cn1cncn1)Oc1ccccc1C#N. The van der Waals surface area contributed by atoms with E-state index in [9.17, 15) is 0 Å². The molecule has 5 heteroatoms. The molecule has 0 spiro atoms. The van der Waals surface area contributed by atoms with Crippen LogP contribution < -0.4 is 4.74 Å². The molecule has 5 nitrogen and oxygen atoms in total. The molecular formula is C12H12N4O. The van der Waals surface area contributed by atoms with Gasteiger partial charge in [0.05, 0.1) is 12.1 Å². The third kappa shape index (κ3) is 2.82. The zero-order valence-electron chi connectivity index (χ0n) is 9.45. The topological polar surface area (TPSA) is 63.7 Å². The fourth-order valence-corrected chi connectivity index (χ4v) is 1.51. The van der Waals surface area contributed by atoms with Crippen LogP contribution in [-0.4, -0.2) is 20.9 Å². The van der Waals surface area contributed by atoms with Crippen LogP contribution in [0.1, 0.15) is 12.5 Å². The van der Waals surface area contributed by atoms with Crippen molar-refractivity contribution in [2.75, 3.05) is 0 Å². The number of ether oxygens (including phenoxy) is 1. The number of nitriles is 1. The van der Waals surface area contributed by atoms with E-state index < -0.39 is 0 Å². The van der Waals surface area contributed by atoms with E-state index in [-0.39, 0.29) is 6.10 Å². The number of aromatic nitrogens is 3. The van der Waals surface area contributed by atoms with Gasteiger partial charge in [-0.15, -0.1) is 0 Å². The molecule has 0 aliphatic rings. The lowest BCUT2D eigenvalue weighted by Gasteiger charge is -2.15. The molecule has 0 amide bonds. The molecule has 2 rings (SSSR count). The van der Waals surface area contributed by atoms with Crippen molar-refractivity contribution >= 4 is 0 Å². The fraction of sp³-hybridized carbons (Fsp3) is 0.250. The average molecular weight is 228 g/mol. The molecule has 0 saturated heterocycles. The Kier molecular flexibility index (Phi) is 3.36. The summed E-state index contributed by atoms with van der Waals surface area (Å²) in [5, 5.41) is 12.9. The van der Waals surface area contributed by atoms with Crippen LogP contribution in [0.2, 0.25) is 0 Å².